The molecule has 0 amide bonds. The first kappa shape index (κ1) is 14.3. The standard InChI is InChI=1S/C14H21NO3S/c16-10-4-6-12-5-3-7-13(11-12)15-19(17,18)14-8-1-2-9-14/h3,5,7,11,14-16H,1-2,4,6,8-10H2. The van der Waals surface area contributed by atoms with E-state index in [-0.39, 0.29) is 11.9 Å². The van der Waals surface area contributed by atoms with Crippen LogP contribution in [0.4, 0.5) is 5.69 Å². The molecule has 0 unspecified atom stereocenters. The molecule has 1 saturated carbocycles. The van der Waals surface area contributed by atoms with Crippen LogP contribution in [-0.4, -0.2) is 25.4 Å². The maximum Gasteiger partial charge on any atom is 0.235 e. The summed E-state index contributed by atoms with van der Waals surface area (Å²) in [7, 11) is -3.25. The molecule has 1 aliphatic rings. The summed E-state index contributed by atoms with van der Waals surface area (Å²) in [5, 5.41) is 8.57. The monoisotopic (exact) mass is 283 g/mol. The minimum absolute atomic E-state index is 0.151. The molecule has 1 aromatic rings. The van der Waals surface area contributed by atoms with Gasteiger partial charge in [0.15, 0.2) is 0 Å². The first-order valence-electron chi connectivity index (χ1n) is 6.83. The van der Waals surface area contributed by atoms with Gasteiger partial charge in [0, 0.05) is 12.3 Å². The zero-order chi connectivity index (χ0) is 13.7. The fraction of sp³-hybridized carbons (Fsp3) is 0.571. The Morgan fingerprint density at radius 2 is 2.00 bits per heavy atom. The summed E-state index contributed by atoms with van der Waals surface area (Å²) in [6.07, 6.45) is 4.98. The molecule has 1 aliphatic carbocycles. The Kier molecular flexibility index (Phi) is 4.82. The molecule has 0 bridgehead atoms. The zero-order valence-electron chi connectivity index (χ0n) is 11.0. The Balaban J connectivity index is 2.05. The highest BCUT2D eigenvalue weighted by Gasteiger charge is 2.28. The normalized spacial score (nSPS) is 16.7. The quantitative estimate of drug-likeness (QED) is 0.842. The van der Waals surface area contributed by atoms with Crippen LogP contribution in [0, 0.1) is 0 Å². The van der Waals surface area contributed by atoms with Crippen LogP contribution in [0.25, 0.3) is 0 Å². The number of benzene rings is 1. The first-order valence-corrected chi connectivity index (χ1v) is 8.38. The van der Waals surface area contributed by atoms with Gasteiger partial charge in [-0.15, -0.1) is 0 Å². The SMILES string of the molecule is O=S(=O)(Nc1cccc(CCCO)c1)C1CCCC1. The van der Waals surface area contributed by atoms with E-state index >= 15 is 0 Å². The third-order valence-electron chi connectivity index (χ3n) is 3.55. The van der Waals surface area contributed by atoms with Gasteiger partial charge < -0.3 is 5.11 Å². The van der Waals surface area contributed by atoms with Gasteiger partial charge in [0.05, 0.1) is 5.25 Å². The average molecular weight is 283 g/mol. The second kappa shape index (κ2) is 6.39. The molecule has 2 N–H and O–H groups in total. The molecule has 0 aromatic heterocycles. The van der Waals surface area contributed by atoms with Gasteiger partial charge in [-0.05, 0) is 43.4 Å². The predicted molar refractivity (Wildman–Crippen MR) is 76.6 cm³/mol. The van der Waals surface area contributed by atoms with Crippen LogP contribution in [0.5, 0.6) is 0 Å². The summed E-state index contributed by atoms with van der Waals surface area (Å²) in [5.74, 6) is 0. The van der Waals surface area contributed by atoms with Crippen molar-refractivity contribution in [2.24, 2.45) is 0 Å². The molecular weight excluding hydrogens is 262 g/mol. The largest absolute Gasteiger partial charge is 0.396 e. The summed E-state index contributed by atoms with van der Waals surface area (Å²) in [6, 6.07) is 7.42. The van der Waals surface area contributed by atoms with E-state index in [1.807, 2.05) is 18.2 Å². The predicted octanol–water partition coefficient (Wildman–Crippen LogP) is 2.30. The molecular formula is C14H21NO3S. The topological polar surface area (TPSA) is 66.4 Å². The van der Waals surface area contributed by atoms with Crippen molar-refractivity contribution < 1.29 is 13.5 Å². The molecule has 0 atom stereocenters. The smallest absolute Gasteiger partial charge is 0.235 e. The van der Waals surface area contributed by atoms with Gasteiger partial charge in [0.25, 0.3) is 0 Å². The van der Waals surface area contributed by atoms with E-state index in [0.29, 0.717) is 12.1 Å². The highest BCUT2D eigenvalue weighted by molar-refractivity contribution is 7.93. The van der Waals surface area contributed by atoms with Gasteiger partial charge in [0.1, 0.15) is 0 Å². The Hall–Kier alpha value is -1.07. The van der Waals surface area contributed by atoms with Gasteiger partial charge in [-0.1, -0.05) is 25.0 Å². The number of rotatable bonds is 6. The molecule has 19 heavy (non-hydrogen) atoms. The first-order chi connectivity index (χ1) is 9.12. The van der Waals surface area contributed by atoms with Gasteiger partial charge in [-0.2, -0.15) is 0 Å². The number of aliphatic hydroxyl groups is 1. The number of hydrogen-bond donors (Lipinski definition) is 2. The van der Waals surface area contributed by atoms with E-state index in [2.05, 4.69) is 4.72 Å². The third-order valence-corrected chi connectivity index (χ3v) is 5.42. The second-order valence-electron chi connectivity index (χ2n) is 5.08. The van der Waals surface area contributed by atoms with E-state index in [0.717, 1.165) is 37.7 Å². The lowest BCUT2D eigenvalue weighted by atomic mass is 10.1. The third kappa shape index (κ3) is 3.94. The summed E-state index contributed by atoms with van der Waals surface area (Å²) in [6.45, 7) is 0.151. The van der Waals surface area contributed by atoms with E-state index in [1.54, 1.807) is 6.07 Å². The lowest BCUT2D eigenvalue weighted by Crippen LogP contribution is -2.25. The van der Waals surface area contributed by atoms with Crippen molar-refractivity contribution in [3.63, 3.8) is 0 Å². The minimum atomic E-state index is -3.25. The summed E-state index contributed by atoms with van der Waals surface area (Å²) < 4.78 is 27.0. The van der Waals surface area contributed by atoms with Gasteiger partial charge in [0.2, 0.25) is 10.0 Å². The van der Waals surface area contributed by atoms with Crippen molar-refractivity contribution >= 4 is 15.7 Å². The molecule has 2 rings (SSSR count). The lowest BCUT2D eigenvalue weighted by Gasteiger charge is -2.14. The van der Waals surface area contributed by atoms with Crippen LogP contribution >= 0.6 is 0 Å². The van der Waals surface area contributed by atoms with Crippen LogP contribution in [0.15, 0.2) is 24.3 Å². The number of aryl methyl sites for hydroxylation is 1. The van der Waals surface area contributed by atoms with Crippen LogP contribution in [-0.2, 0) is 16.4 Å². The second-order valence-corrected chi connectivity index (χ2v) is 7.04. The van der Waals surface area contributed by atoms with Crippen molar-refractivity contribution in [1.29, 1.82) is 0 Å². The molecule has 1 fully saturated rings. The number of aliphatic hydroxyl groups excluding tert-OH is 1. The number of nitrogens with one attached hydrogen (secondary N) is 1. The maximum atomic E-state index is 12.2. The molecule has 0 radical (unpaired) electrons. The molecule has 106 valence electrons. The Morgan fingerprint density at radius 1 is 1.26 bits per heavy atom. The number of anilines is 1. The summed E-state index contributed by atoms with van der Waals surface area (Å²) in [5.41, 5.74) is 1.67. The number of hydrogen-bond acceptors (Lipinski definition) is 3. The lowest BCUT2D eigenvalue weighted by molar-refractivity contribution is 0.288. The molecule has 0 aliphatic heterocycles. The van der Waals surface area contributed by atoms with Gasteiger partial charge in [-0.25, -0.2) is 8.42 Å². The van der Waals surface area contributed by atoms with Crippen LogP contribution in [0.2, 0.25) is 0 Å². The van der Waals surface area contributed by atoms with Crippen molar-refractivity contribution in [1.82, 2.24) is 0 Å². The highest BCUT2D eigenvalue weighted by atomic mass is 32.2. The average Bonchev–Trinajstić information content (AvgIpc) is 2.91. The molecule has 0 spiro atoms. The van der Waals surface area contributed by atoms with Gasteiger partial charge in [-0.3, -0.25) is 4.72 Å². The Labute approximate surface area is 114 Å². The Bertz CT molecular complexity index is 507. The summed E-state index contributed by atoms with van der Waals surface area (Å²) >= 11 is 0. The molecule has 4 nitrogen and oxygen atoms in total. The van der Waals surface area contributed by atoms with E-state index in [9.17, 15) is 8.42 Å². The number of sulfonamides is 1. The molecule has 0 heterocycles. The Morgan fingerprint density at radius 3 is 2.68 bits per heavy atom. The molecule has 1 aromatic carbocycles. The zero-order valence-corrected chi connectivity index (χ0v) is 11.8. The van der Waals surface area contributed by atoms with Crippen LogP contribution in [0.3, 0.4) is 0 Å². The van der Waals surface area contributed by atoms with Crippen molar-refractivity contribution in [3.8, 4) is 0 Å². The molecule has 0 saturated heterocycles. The fourth-order valence-corrected chi connectivity index (χ4v) is 4.10. The van der Waals surface area contributed by atoms with Crippen molar-refractivity contribution in [2.45, 2.75) is 43.8 Å². The van der Waals surface area contributed by atoms with Crippen LogP contribution < -0.4 is 4.72 Å². The van der Waals surface area contributed by atoms with Gasteiger partial charge >= 0.3 is 0 Å². The van der Waals surface area contributed by atoms with Crippen molar-refractivity contribution in [3.05, 3.63) is 29.8 Å². The van der Waals surface area contributed by atoms with E-state index in [4.69, 9.17) is 5.11 Å². The highest BCUT2D eigenvalue weighted by Crippen LogP contribution is 2.26. The maximum absolute atomic E-state index is 12.2. The molecule has 5 heteroatoms. The van der Waals surface area contributed by atoms with Crippen LogP contribution in [0.1, 0.15) is 37.7 Å². The minimum Gasteiger partial charge on any atom is -0.396 e. The van der Waals surface area contributed by atoms with E-state index in [1.165, 1.54) is 0 Å². The van der Waals surface area contributed by atoms with E-state index < -0.39 is 10.0 Å². The fourth-order valence-electron chi connectivity index (χ4n) is 2.52. The summed E-state index contributed by atoms with van der Waals surface area (Å²) in [4.78, 5) is 0. The van der Waals surface area contributed by atoms with Crippen molar-refractivity contribution in [2.75, 3.05) is 11.3 Å².